The van der Waals surface area contributed by atoms with E-state index < -0.39 is 15.3 Å². The highest BCUT2D eigenvalue weighted by molar-refractivity contribution is 7.89. The molecule has 7 heteroatoms. The zero-order valence-electron chi connectivity index (χ0n) is 16.1. The second-order valence-electron chi connectivity index (χ2n) is 7.93. The van der Waals surface area contributed by atoms with E-state index in [1.165, 1.54) is 0 Å². The van der Waals surface area contributed by atoms with E-state index in [0.717, 1.165) is 27.9 Å². The standard InChI is InChI=1S/C20H25N3O3S/c1-13(27(21,25)26)7-14-8-16(12-22-11-14)15-5-6-18-17(9-15)20(2,3)10-19(24)23(18)4/h5-6,8-9,11-13H,7,10H2,1-4H3,(H2,21,25,26). The van der Waals surface area contributed by atoms with Gasteiger partial charge >= 0.3 is 0 Å². The van der Waals surface area contributed by atoms with Gasteiger partial charge in [-0.05, 0) is 48.2 Å². The zero-order chi connectivity index (χ0) is 20.0. The SMILES string of the molecule is CC(Cc1cncc(-c2ccc3c(c2)C(C)(C)CC(=O)N3C)c1)S(N)(=O)=O. The van der Waals surface area contributed by atoms with Gasteiger partial charge in [0.15, 0.2) is 0 Å². The molecule has 0 bridgehead atoms. The van der Waals surface area contributed by atoms with Crippen LogP contribution in [0, 0.1) is 0 Å². The first kappa shape index (κ1) is 19.5. The van der Waals surface area contributed by atoms with Crippen LogP contribution in [-0.2, 0) is 26.7 Å². The van der Waals surface area contributed by atoms with Crippen molar-refractivity contribution in [3.63, 3.8) is 0 Å². The van der Waals surface area contributed by atoms with Crippen molar-refractivity contribution in [2.75, 3.05) is 11.9 Å². The van der Waals surface area contributed by atoms with E-state index in [0.29, 0.717) is 12.8 Å². The molecule has 1 aromatic heterocycles. The number of nitrogens with zero attached hydrogens (tertiary/aromatic N) is 2. The minimum atomic E-state index is -3.58. The average molecular weight is 388 g/mol. The Morgan fingerprint density at radius 2 is 1.93 bits per heavy atom. The van der Waals surface area contributed by atoms with Crippen LogP contribution < -0.4 is 10.0 Å². The molecule has 1 atom stereocenters. The van der Waals surface area contributed by atoms with Crippen molar-refractivity contribution in [1.82, 2.24) is 4.98 Å². The Morgan fingerprint density at radius 3 is 2.59 bits per heavy atom. The molecule has 1 aliphatic rings. The number of aromatic nitrogens is 1. The summed E-state index contributed by atoms with van der Waals surface area (Å²) in [7, 11) is -1.78. The Labute approximate surface area is 160 Å². The van der Waals surface area contributed by atoms with E-state index in [2.05, 4.69) is 24.9 Å². The molecule has 1 aromatic carbocycles. The number of pyridine rings is 1. The zero-order valence-corrected chi connectivity index (χ0v) is 16.9. The van der Waals surface area contributed by atoms with Gasteiger partial charge in [0.25, 0.3) is 0 Å². The van der Waals surface area contributed by atoms with E-state index in [-0.39, 0.29) is 11.3 Å². The maximum absolute atomic E-state index is 12.2. The summed E-state index contributed by atoms with van der Waals surface area (Å²) in [5.41, 5.74) is 4.51. The third-order valence-electron chi connectivity index (χ3n) is 5.27. The van der Waals surface area contributed by atoms with Gasteiger partial charge in [-0.3, -0.25) is 9.78 Å². The summed E-state index contributed by atoms with van der Waals surface area (Å²) in [6.45, 7) is 5.74. The van der Waals surface area contributed by atoms with Crippen LogP contribution in [0.1, 0.15) is 38.3 Å². The van der Waals surface area contributed by atoms with Crippen molar-refractivity contribution >= 4 is 21.6 Å². The normalized spacial score (nSPS) is 17.5. The molecule has 144 valence electrons. The molecular formula is C20H25N3O3S. The molecule has 2 aromatic rings. The van der Waals surface area contributed by atoms with Crippen LogP contribution in [0.2, 0.25) is 0 Å². The lowest BCUT2D eigenvalue weighted by atomic mass is 9.76. The summed E-state index contributed by atoms with van der Waals surface area (Å²) >= 11 is 0. The van der Waals surface area contributed by atoms with Crippen LogP contribution in [0.3, 0.4) is 0 Å². The highest BCUT2D eigenvalue weighted by atomic mass is 32.2. The van der Waals surface area contributed by atoms with Crippen molar-refractivity contribution in [3.8, 4) is 11.1 Å². The molecule has 1 amide bonds. The van der Waals surface area contributed by atoms with Crippen molar-refractivity contribution in [2.45, 2.75) is 44.3 Å². The minimum absolute atomic E-state index is 0.112. The van der Waals surface area contributed by atoms with Crippen LogP contribution in [0.15, 0.2) is 36.7 Å². The number of amides is 1. The maximum Gasteiger partial charge on any atom is 0.227 e. The molecule has 0 saturated carbocycles. The van der Waals surface area contributed by atoms with Crippen molar-refractivity contribution < 1.29 is 13.2 Å². The molecule has 1 aliphatic heterocycles. The fourth-order valence-electron chi connectivity index (χ4n) is 3.48. The molecule has 6 nitrogen and oxygen atoms in total. The van der Waals surface area contributed by atoms with E-state index in [1.54, 1.807) is 31.3 Å². The van der Waals surface area contributed by atoms with Gasteiger partial charge in [-0.1, -0.05) is 19.9 Å². The van der Waals surface area contributed by atoms with E-state index in [1.807, 2.05) is 18.2 Å². The predicted octanol–water partition coefficient (Wildman–Crippen LogP) is 2.61. The number of carbonyl (C=O) groups is 1. The average Bonchev–Trinajstić information content (AvgIpc) is 2.58. The molecular weight excluding hydrogens is 362 g/mol. The molecule has 0 fully saturated rings. The molecule has 27 heavy (non-hydrogen) atoms. The third-order valence-corrected chi connectivity index (χ3v) is 6.55. The Hall–Kier alpha value is -2.25. The van der Waals surface area contributed by atoms with E-state index in [9.17, 15) is 13.2 Å². The molecule has 0 saturated heterocycles. The second kappa shape index (κ2) is 6.73. The summed E-state index contributed by atoms with van der Waals surface area (Å²) in [4.78, 5) is 18.2. The van der Waals surface area contributed by atoms with Gasteiger partial charge in [-0.15, -0.1) is 0 Å². The lowest BCUT2D eigenvalue weighted by molar-refractivity contribution is -0.119. The quantitative estimate of drug-likeness (QED) is 0.873. The number of rotatable bonds is 4. The number of sulfonamides is 1. The minimum Gasteiger partial charge on any atom is -0.315 e. The number of fused-ring (bicyclic) bond motifs is 1. The molecule has 3 rings (SSSR count). The monoisotopic (exact) mass is 387 g/mol. The number of nitrogens with two attached hydrogens (primary N) is 1. The first-order valence-corrected chi connectivity index (χ1v) is 10.5. The van der Waals surface area contributed by atoms with Crippen LogP contribution in [0.4, 0.5) is 5.69 Å². The smallest absolute Gasteiger partial charge is 0.227 e. The number of primary sulfonamides is 1. The summed E-state index contributed by atoms with van der Waals surface area (Å²) < 4.78 is 23.0. The van der Waals surface area contributed by atoms with Gasteiger partial charge in [-0.2, -0.15) is 0 Å². The van der Waals surface area contributed by atoms with Gasteiger partial charge in [0.2, 0.25) is 15.9 Å². The van der Waals surface area contributed by atoms with Gasteiger partial charge in [0, 0.05) is 42.5 Å². The first-order chi connectivity index (χ1) is 12.5. The Bertz CT molecular complexity index is 999. The molecule has 0 aliphatic carbocycles. The Balaban J connectivity index is 1.99. The fraction of sp³-hybridized carbons (Fsp3) is 0.400. The third kappa shape index (κ3) is 3.89. The molecule has 2 heterocycles. The maximum atomic E-state index is 12.2. The van der Waals surface area contributed by atoms with Gasteiger partial charge < -0.3 is 4.90 Å². The fourth-order valence-corrected chi connectivity index (χ4v) is 3.91. The molecule has 0 radical (unpaired) electrons. The van der Waals surface area contributed by atoms with Crippen molar-refractivity contribution in [1.29, 1.82) is 0 Å². The number of hydrogen-bond donors (Lipinski definition) is 1. The van der Waals surface area contributed by atoms with Crippen LogP contribution >= 0.6 is 0 Å². The van der Waals surface area contributed by atoms with Crippen LogP contribution in [-0.4, -0.2) is 31.6 Å². The van der Waals surface area contributed by atoms with Crippen LogP contribution in [0.25, 0.3) is 11.1 Å². The van der Waals surface area contributed by atoms with Gasteiger partial charge in [-0.25, -0.2) is 13.6 Å². The van der Waals surface area contributed by atoms with Crippen molar-refractivity contribution in [2.24, 2.45) is 5.14 Å². The molecule has 1 unspecified atom stereocenters. The number of hydrogen-bond acceptors (Lipinski definition) is 4. The molecule has 0 spiro atoms. The van der Waals surface area contributed by atoms with E-state index in [4.69, 9.17) is 5.14 Å². The lowest BCUT2D eigenvalue weighted by Gasteiger charge is -2.37. The predicted molar refractivity (Wildman–Crippen MR) is 107 cm³/mol. The van der Waals surface area contributed by atoms with E-state index >= 15 is 0 Å². The number of carbonyl (C=O) groups excluding carboxylic acids is 1. The largest absolute Gasteiger partial charge is 0.315 e. The topological polar surface area (TPSA) is 93.4 Å². The summed E-state index contributed by atoms with van der Waals surface area (Å²) in [6.07, 6.45) is 4.20. The molecule has 2 N–H and O–H groups in total. The number of anilines is 1. The first-order valence-electron chi connectivity index (χ1n) is 8.86. The van der Waals surface area contributed by atoms with Gasteiger partial charge in [0.05, 0.1) is 5.25 Å². The Morgan fingerprint density at radius 1 is 1.22 bits per heavy atom. The second-order valence-corrected chi connectivity index (χ2v) is 9.91. The summed E-state index contributed by atoms with van der Waals surface area (Å²) in [6, 6.07) is 7.97. The number of benzene rings is 1. The lowest BCUT2D eigenvalue weighted by Crippen LogP contribution is -2.39. The highest BCUT2D eigenvalue weighted by Gasteiger charge is 2.35. The summed E-state index contributed by atoms with van der Waals surface area (Å²) in [5, 5.41) is 4.56. The van der Waals surface area contributed by atoms with Crippen LogP contribution in [0.5, 0.6) is 0 Å². The van der Waals surface area contributed by atoms with Crippen molar-refractivity contribution in [3.05, 3.63) is 47.8 Å². The summed E-state index contributed by atoms with van der Waals surface area (Å²) in [5.74, 6) is 0.112. The highest BCUT2D eigenvalue weighted by Crippen LogP contribution is 2.41. The Kier molecular flexibility index (Phi) is 4.86. The van der Waals surface area contributed by atoms with Gasteiger partial charge in [0.1, 0.15) is 0 Å².